The molecule has 96 valence electrons. The number of hydrogen-bond acceptors (Lipinski definition) is 4. The van der Waals surface area contributed by atoms with E-state index < -0.39 is 0 Å². The van der Waals surface area contributed by atoms with Crippen molar-refractivity contribution in [2.24, 2.45) is 5.92 Å². The van der Waals surface area contributed by atoms with Crippen molar-refractivity contribution >= 4 is 17.4 Å². The standard InChI is InChI=1S/C12H21ClN4/c1-10(2)9-17(6-5-16(3)4)12-8-14-7-11(13)15-12/h7-8,10H,5-6,9H2,1-4H3. The van der Waals surface area contributed by atoms with E-state index in [4.69, 9.17) is 11.6 Å². The van der Waals surface area contributed by atoms with E-state index in [1.165, 1.54) is 0 Å². The largest absolute Gasteiger partial charge is 0.354 e. The molecule has 1 aromatic rings. The molecule has 0 aliphatic heterocycles. The first-order valence-corrected chi connectivity index (χ1v) is 6.24. The molecular weight excluding hydrogens is 236 g/mol. The molecule has 0 N–H and O–H groups in total. The van der Waals surface area contributed by atoms with Gasteiger partial charge in [-0.1, -0.05) is 25.4 Å². The summed E-state index contributed by atoms with van der Waals surface area (Å²) < 4.78 is 0. The van der Waals surface area contributed by atoms with Gasteiger partial charge in [0.25, 0.3) is 0 Å². The minimum atomic E-state index is 0.445. The maximum absolute atomic E-state index is 5.88. The lowest BCUT2D eigenvalue weighted by molar-refractivity contribution is 0.408. The van der Waals surface area contributed by atoms with Crippen LogP contribution < -0.4 is 4.90 Å². The number of nitrogens with zero attached hydrogens (tertiary/aromatic N) is 4. The van der Waals surface area contributed by atoms with E-state index in [9.17, 15) is 0 Å². The van der Waals surface area contributed by atoms with Crippen molar-refractivity contribution in [1.29, 1.82) is 0 Å². The van der Waals surface area contributed by atoms with E-state index in [2.05, 4.69) is 47.7 Å². The Morgan fingerprint density at radius 3 is 2.47 bits per heavy atom. The van der Waals surface area contributed by atoms with Crippen LogP contribution in [0.3, 0.4) is 0 Å². The number of rotatable bonds is 6. The molecule has 5 heteroatoms. The van der Waals surface area contributed by atoms with E-state index in [1.807, 2.05) is 0 Å². The molecule has 0 aliphatic carbocycles. The quantitative estimate of drug-likeness (QED) is 0.781. The summed E-state index contributed by atoms with van der Waals surface area (Å²) in [6.07, 6.45) is 3.33. The Balaban J connectivity index is 2.74. The molecule has 0 saturated carbocycles. The molecular formula is C12H21ClN4. The highest BCUT2D eigenvalue weighted by molar-refractivity contribution is 6.29. The van der Waals surface area contributed by atoms with E-state index >= 15 is 0 Å². The minimum Gasteiger partial charge on any atom is -0.354 e. The van der Waals surface area contributed by atoms with Gasteiger partial charge in [0.2, 0.25) is 0 Å². The maximum Gasteiger partial charge on any atom is 0.149 e. The number of hydrogen-bond donors (Lipinski definition) is 0. The van der Waals surface area contributed by atoms with Gasteiger partial charge in [-0.25, -0.2) is 4.98 Å². The lowest BCUT2D eigenvalue weighted by atomic mass is 10.2. The molecule has 17 heavy (non-hydrogen) atoms. The molecule has 1 heterocycles. The van der Waals surface area contributed by atoms with Crippen molar-refractivity contribution in [2.75, 3.05) is 38.6 Å². The topological polar surface area (TPSA) is 32.3 Å². The molecule has 1 aromatic heterocycles. The second-order valence-electron chi connectivity index (χ2n) is 4.84. The fourth-order valence-corrected chi connectivity index (χ4v) is 1.69. The van der Waals surface area contributed by atoms with Crippen LogP contribution in [-0.4, -0.2) is 48.6 Å². The highest BCUT2D eigenvalue weighted by Gasteiger charge is 2.11. The third-order valence-electron chi connectivity index (χ3n) is 2.32. The monoisotopic (exact) mass is 256 g/mol. The van der Waals surface area contributed by atoms with Crippen LogP contribution in [0.2, 0.25) is 5.15 Å². The molecule has 0 unspecified atom stereocenters. The van der Waals surface area contributed by atoms with Gasteiger partial charge in [-0.2, -0.15) is 0 Å². The smallest absolute Gasteiger partial charge is 0.149 e. The van der Waals surface area contributed by atoms with Crippen molar-refractivity contribution in [2.45, 2.75) is 13.8 Å². The molecule has 0 aliphatic rings. The lowest BCUT2D eigenvalue weighted by Crippen LogP contribution is -2.35. The van der Waals surface area contributed by atoms with Gasteiger partial charge in [0.05, 0.1) is 12.4 Å². The van der Waals surface area contributed by atoms with Gasteiger partial charge in [-0.3, -0.25) is 4.98 Å². The fraction of sp³-hybridized carbons (Fsp3) is 0.667. The van der Waals surface area contributed by atoms with Crippen LogP contribution >= 0.6 is 11.6 Å². The second kappa shape index (κ2) is 6.77. The summed E-state index contributed by atoms with van der Waals surface area (Å²) in [5.74, 6) is 1.44. The van der Waals surface area contributed by atoms with Crippen molar-refractivity contribution in [3.8, 4) is 0 Å². The molecule has 0 amide bonds. The molecule has 0 saturated heterocycles. The van der Waals surface area contributed by atoms with Crippen molar-refractivity contribution in [3.63, 3.8) is 0 Å². The van der Waals surface area contributed by atoms with Gasteiger partial charge < -0.3 is 9.80 Å². The molecule has 0 spiro atoms. The summed E-state index contributed by atoms with van der Waals surface area (Å²) in [5.41, 5.74) is 0. The second-order valence-corrected chi connectivity index (χ2v) is 5.23. The summed E-state index contributed by atoms with van der Waals surface area (Å²) >= 11 is 5.88. The summed E-state index contributed by atoms with van der Waals surface area (Å²) in [6.45, 7) is 7.27. The average molecular weight is 257 g/mol. The highest BCUT2D eigenvalue weighted by Crippen LogP contribution is 2.14. The van der Waals surface area contributed by atoms with Gasteiger partial charge in [-0.05, 0) is 20.0 Å². The Morgan fingerprint density at radius 2 is 1.94 bits per heavy atom. The average Bonchev–Trinajstić information content (AvgIpc) is 2.23. The zero-order valence-corrected chi connectivity index (χ0v) is 11.8. The Kier molecular flexibility index (Phi) is 5.65. The van der Waals surface area contributed by atoms with Crippen molar-refractivity contribution in [1.82, 2.24) is 14.9 Å². The molecule has 0 fully saturated rings. The van der Waals surface area contributed by atoms with Gasteiger partial charge in [0.1, 0.15) is 11.0 Å². The van der Waals surface area contributed by atoms with E-state index in [0.717, 1.165) is 25.5 Å². The third kappa shape index (κ3) is 5.33. The Bertz CT molecular complexity index is 341. The fourth-order valence-electron chi connectivity index (χ4n) is 1.55. The molecule has 0 radical (unpaired) electrons. The van der Waals surface area contributed by atoms with Crippen LogP contribution in [0.1, 0.15) is 13.8 Å². The van der Waals surface area contributed by atoms with Gasteiger partial charge >= 0.3 is 0 Å². The Morgan fingerprint density at radius 1 is 1.24 bits per heavy atom. The van der Waals surface area contributed by atoms with E-state index in [-0.39, 0.29) is 0 Å². The van der Waals surface area contributed by atoms with Gasteiger partial charge in [0.15, 0.2) is 0 Å². The predicted molar refractivity (Wildman–Crippen MR) is 72.6 cm³/mol. The number of anilines is 1. The Labute approximate surface area is 109 Å². The van der Waals surface area contributed by atoms with E-state index in [0.29, 0.717) is 11.1 Å². The summed E-state index contributed by atoms with van der Waals surface area (Å²) in [4.78, 5) is 12.8. The summed E-state index contributed by atoms with van der Waals surface area (Å²) in [5, 5.41) is 0.445. The summed E-state index contributed by atoms with van der Waals surface area (Å²) in [6, 6.07) is 0. The van der Waals surface area contributed by atoms with Crippen LogP contribution in [0.25, 0.3) is 0 Å². The Hall–Kier alpha value is -0.870. The zero-order valence-electron chi connectivity index (χ0n) is 11.0. The van der Waals surface area contributed by atoms with Crippen molar-refractivity contribution < 1.29 is 0 Å². The first kappa shape index (κ1) is 14.2. The van der Waals surface area contributed by atoms with Crippen LogP contribution in [-0.2, 0) is 0 Å². The highest BCUT2D eigenvalue weighted by atomic mass is 35.5. The zero-order chi connectivity index (χ0) is 12.8. The van der Waals surface area contributed by atoms with Gasteiger partial charge in [0, 0.05) is 19.6 Å². The van der Waals surface area contributed by atoms with Gasteiger partial charge in [-0.15, -0.1) is 0 Å². The number of halogens is 1. The molecule has 1 rings (SSSR count). The first-order chi connectivity index (χ1) is 7.99. The number of likely N-dealkylation sites (N-methyl/N-ethyl adjacent to an activating group) is 1. The molecule has 0 bridgehead atoms. The first-order valence-electron chi connectivity index (χ1n) is 5.86. The number of aromatic nitrogens is 2. The predicted octanol–water partition coefficient (Wildman–Crippen LogP) is 2.15. The molecule has 0 aromatic carbocycles. The third-order valence-corrected chi connectivity index (χ3v) is 2.50. The van der Waals surface area contributed by atoms with Crippen LogP contribution in [0.5, 0.6) is 0 Å². The van der Waals surface area contributed by atoms with Crippen LogP contribution in [0, 0.1) is 5.92 Å². The van der Waals surface area contributed by atoms with E-state index in [1.54, 1.807) is 12.4 Å². The minimum absolute atomic E-state index is 0.445. The lowest BCUT2D eigenvalue weighted by Gasteiger charge is -2.26. The summed E-state index contributed by atoms with van der Waals surface area (Å²) in [7, 11) is 4.13. The van der Waals surface area contributed by atoms with Crippen LogP contribution in [0.15, 0.2) is 12.4 Å². The molecule has 4 nitrogen and oxygen atoms in total. The van der Waals surface area contributed by atoms with Crippen LogP contribution in [0.4, 0.5) is 5.82 Å². The normalized spacial score (nSPS) is 11.2. The maximum atomic E-state index is 5.88. The molecule has 0 atom stereocenters. The van der Waals surface area contributed by atoms with Crippen molar-refractivity contribution in [3.05, 3.63) is 17.5 Å². The SMILES string of the molecule is CC(C)CN(CCN(C)C)c1cncc(Cl)n1.